The highest BCUT2D eigenvalue weighted by molar-refractivity contribution is 5.92. The van der Waals surface area contributed by atoms with E-state index in [9.17, 15) is 4.79 Å². The third kappa shape index (κ3) is 3.87. The predicted octanol–water partition coefficient (Wildman–Crippen LogP) is 5.27. The van der Waals surface area contributed by atoms with Crippen LogP contribution < -0.4 is 4.90 Å². The molecule has 0 saturated carbocycles. The first kappa shape index (κ1) is 20.3. The van der Waals surface area contributed by atoms with Gasteiger partial charge >= 0.3 is 0 Å². The van der Waals surface area contributed by atoms with Crippen LogP contribution in [0.3, 0.4) is 0 Å². The Hall–Kier alpha value is -3.01. The summed E-state index contributed by atoms with van der Waals surface area (Å²) in [7, 11) is 0. The highest BCUT2D eigenvalue weighted by Gasteiger charge is 2.24. The number of fused-ring (bicyclic) bond motifs is 1. The van der Waals surface area contributed by atoms with Crippen molar-refractivity contribution in [2.45, 2.75) is 52.5 Å². The first-order chi connectivity index (χ1) is 14.4. The fourth-order valence-electron chi connectivity index (χ4n) is 4.04. The summed E-state index contributed by atoms with van der Waals surface area (Å²) in [6, 6.07) is 17.7. The van der Waals surface area contributed by atoms with E-state index in [4.69, 9.17) is 0 Å². The second-order valence-corrected chi connectivity index (χ2v) is 8.65. The van der Waals surface area contributed by atoms with Gasteiger partial charge in [0.15, 0.2) is 11.6 Å². The lowest BCUT2D eigenvalue weighted by Crippen LogP contribution is -2.32. The number of aryl methyl sites for hydroxylation is 1. The van der Waals surface area contributed by atoms with Crippen molar-refractivity contribution in [3.8, 4) is 0 Å². The van der Waals surface area contributed by atoms with E-state index in [1.165, 1.54) is 22.4 Å². The molecule has 4 heteroatoms. The molecule has 0 radical (unpaired) electrons. The Kier molecular flexibility index (Phi) is 5.42. The molecule has 1 aromatic heterocycles. The normalized spacial score (nSPS) is 13.8. The lowest BCUT2D eigenvalue weighted by atomic mass is 9.78. The van der Waals surface area contributed by atoms with Crippen molar-refractivity contribution in [1.82, 2.24) is 9.97 Å². The second kappa shape index (κ2) is 8.02. The van der Waals surface area contributed by atoms with E-state index < -0.39 is 0 Å². The van der Waals surface area contributed by atoms with Crippen LogP contribution in [0, 0.1) is 6.92 Å². The number of anilines is 1. The molecule has 154 valence electrons. The Bertz CT molecular complexity index is 1050. The van der Waals surface area contributed by atoms with Gasteiger partial charge in [-0.1, -0.05) is 62.7 Å². The summed E-state index contributed by atoms with van der Waals surface area (Å²) in [6.07, 6.45) is 3.16. The van der Waals surface area contributed by atoms with Crippen molar-refractivity contribution < 1.29 is 4.79 Å². The topological polar surface area (TPSA) is 46.1 Å². The van der Waals surface area contributed by atoms with Crippen LogP contribution in [0.1, 0.15) is 65.8 Å². The van der Waals surface area contributed by atoms with Gasteiger partial charge in [-0.25, -0.2) is 9.97 Å². The summed E-state index contributed by atoms with van der Waals surface area (Å²) in [5.41, 5.74) is 7.15. The largest absolute Gasteiger partial charge is 0.365 e. The van der Waals surface area contributed by atoms with Crippen molar-refractivity contribution in [1.29, 1.82) is 0 Å². The maximum absolute atomic E-state index is 12.0. The summed E-state index contributed by atoms with van der Waals surface area (Å²) in [5.74, 6) is 0.339. The molecule has 1 aliphatic heterocycles. The SMILES string of the molecule is CCC(=O)c1ncc2c(n1)CN(c1ccc(C(C)(C)c3ccc(C)cc3)cc1)CC2. The number of aromatic nitrogens is 2. The molecule has 0 bridgehead atoms. The fraction of sp³-hybridized carbons (Fsp3) is 0.346. The number of carbonyl (C=O) groups excluding carboxylic acids is 1. The van der Waals surface area contributed by atoms with E-state index in [0.29, 0.717) is 18.8 Å². The van der Waals surface area contributed by atoms with Gasteiger partial charge < -0.3 is 4.90 Å². The van der Waals surface area contributed by atoms with Gasteiger partial charge in [-0.3, -0.25) is 4.79 Å². The molecule has 4 rings (SSSR count). The van der Waals surface area contributed by atoms with Crippen LogP contribution in [-0.4, -0.2) is 22.3 Å². The van der Waals surface area contributed by atoms with Crippen LogP contribution in [-0.2, 0) is 18.4 Å². The lowest BCUT2D eigenvalue weighted by molar-refractivity contribution is 0.0977. The monoisotopic (exact) mass is 399 g/mol. The third-order valence-corrected chi connectivity index (χ3v) is 6.24. The van der Waals surface area contributed by atoms with Gasteiger partial charge in [0.05, 0.1) is 12.2 Å². The Balaban J connectivity index is 1.55. The Morgan fingerprint density at radius 3 is 2.30 bits per heavy atom. The summed E-state index contributed by atoms with van der Waals surface area (Å²) >= 11 is 0. The highest BCUT2D eigenvalue weighted by atomic mass is 16.1. The molecule has 2 heterocycles. The number of hydrogen-bond acceptors (Lipinski definition) is 4. The molecule has 0 amide bonds. The summed E-state index contributed by atoms with van der Waals surface area (Å²) in [6.45, 7) is 10.1. The highest BCUT2D eigenvalue weighted by Crippen LogP contribution is 2.33. The average Bonchev–Trinajstić information content (AvgIpc) is 2.78. The van der Waals surface area contributed by atoms with E-state index >= 15 is 0 Å². The van der Waals surface area contributed by atoms with Crippen LogP contribution in [0.5, 0.6) is 0 Å². The number of Topliss-reactive ketones (excluding diaryl/α,β-unsaturated/α-hetero) is 1. The van der Waals surface area contributed by atoms with Crippen molar-refractivity contribution >= 4 is 11.5 Å². The van der Waals surface area contributed by atoms with Gasteiger partial charge in [0.2, 0.25) is 0 Å². The third-order valence-electron chi connectivity index (χ3n) is 6.24. The van der Waals surface area contributed by atoms with Gasteiger partial charge in [-0.2, -0.15) is 0 Å². The molecule has 3 aromatic rings. The van der Waals surface area contributed by atoms with E-state index in [0.717, 1.165) is 24.2 Å². The minimum Gasteiger partial charge on any atom is -0.365 e. The number of rotatable bonds is 5. The van der Waals surface area contributed by atoms with Crippen LogP contribution in [0.25, 0.3) is 0 Å². The zero-order valence-corrected chi connectivity index (χ0v) is 18.3. The van der Waals surface area contributed by atoms with E-state index in [1.807, 2.05) is 13.1 Å². The zero-order valence-electron chi connectivity index (χ0n) is 18.3. The minimum atomic E-state index is -0.0522. The fourth-order valence-corrected chi connectivity index (χ4v) is 4.04. The zero-order chi connectivity index (χ0) is 21.3. The molecule has 0 saturated heterocycles. The maximum Gasteiger partial charge on any atom is 0.199 e. The number of nitrogens with zero attached hydrogens (tertiary/aromatic N) is 3. The summed E-state index contributed by atoms with van der Waals surface area (Å²) in [5, 5.41) is 0. The Morgan fingerprint density at radius 2 is 1.67 bits per heavy atom. The average molecular weight is 400 g/mol. The number of ketones is 1. The van der Waals surface area contributed by atoms with Gasteiger partial charge in [0.1, 0.15) is 0 Å². The molecule has 30 heavy (non-hydrogen) atoms. The number of benzene rings is 2. The van der Waals surface area contributed by atoms with Gasteiger partial charge in [0.25, 0.3) is 0 Å². The lowest BCUT2D eigenvalue weighted by Gasteiger charge is -2.31. The van der Waals surface area contributed by atoms with Gasteiger partial charge in [-0.15, -0.1) is 0 Å². The molecule has 2 aromatic carbocycles. The molecule has 0 fully saturated rings. The molecule has 0 spiro atoms. The minimum absolute atomic E-state index is 0.00221. The smallest absolute Gasteiger partial charge is 0.199 e. The molecular formula is C26H29N3O. The number of carbonyl (C=O) groups is 1. The molecule has 0 N–H and O–H groups in total. The predicted molar refractivity (Wildman–Crippen MR) is 121 cm³/mol. The van der Waals surface area contributed by atoms with Gasteiger partial charge in [0, 0.05) is 30.3 Å². The Labute approximate surface area is 179 Å². The van der Waals surface area contributed by atoms with Crippen molar-refractivity contribution in [2.75, 3.05) is 11.4 Å². The van der Waals surface area contributed by atoms with E-state index in [1.54, 1.807) is 0 Å². The van der Waals surface area contributed by atoms with E-state index in [-0.39, 0.29) is 11.2 Å². The molecule has 0 aliphatic carbocycles. The number of hydrogen-bond donors (Lipinski definition) is 0. The maximum atomic E-state index is 12.0. The Morgan fingerprint density at radius 1 is 1.03 bits per heavy atom. The molecule has 1 aliphatic rings. The van der Waals surface area contributed by atoms with Crippen LogP contribution in [0.4, 0.5) is 5.69 Å². The first-order valence-electron chi connectivity index (χ1n) is 10.7. The van der Waals surface area contributed by atoms with Crippen LogP contribution in [0.2, 0.25) is 0 Å². The molecule has 0 atom stereocenters. The standard InChI is InChI=1S/C26H29N3O/c1-5-24(30)25-27-16-19-14-15-29(17-23(19)28-25)22-12-10-21(11-13-22)26(3,4)20-8-6-18(2)7-9-20/h6-13,16H,5,14-15,17H2,1-4H3. The first-order valence-corrected chi connectivity index (χ1v) is 10.7. The van der Waals surface area contributed by atoms with Gasteiger partial charge in [-0.05, 0) is 42.2 Å². The van der Waals surface area contributed by atoms with Crippen molar-refractivity contribution in [3.05, 3.63) is 88.5 Å². The summed E-state index contributed by atoms with van der Waals surface area (Å²) in [4.78, 5) is 23.1. The molecular weight excluding hydrogens is 370 g/mol. The molecule has 0 unspecified atom stereocenters. The van der Waals surface area contributed by atoms with Crippen LogP contribution in [0.15, 0.2) is 54.7 Å². The van der Waals surface area contributed by atoms with Crippen molar-refractivity contribution in [3.63, 3.8) is 0 Å². The molecule has 4 nitrogen and oxygen atoms in total. The quantitative estimate of drug-likeness (QED) is 0.549. The van der Waals surface area contributed by atoms with Crippen LogP contribution >= 0.6 is 0 Å². The van der Waals surface area contributed by atoms with Crippen molar-refractivity contribution in [2.24, 2.45) is 0 Å². The second-order valence-electron chi connectivity index (χ2n) is 8.65. The van der Waals surface area contributed by atoms with E-state index in [2.05, 4.69) is 84.2 Å². The summed E-state index contributed by atoms with van der Waals surface area (Å²) < 4.78 is 0.